The van der Waals surface area contributed by atoms with Crippen molar-refractivity contribution in [3.05, 3.63) is 57.0 Å². The van der Waals surface area contributed by atoms with Gasteiger partial charge in [0.1, 0.15) is 5.75 Å². The molecule has 26 heavy (non-hydrogen) atoms. The number of urea groups is 1. The number of nitrogens with zero attached hydrogens (tertiary/aromatic N) is 1. The number of hydrogen-bond donors (Lipinski definition) is 2. The molecular formula is C18H19Cl3N2O3. The molecule has 0 aliphatic heterocycles. The first-order valence-corrected chi connectivity index (χ1v) is 9.02. The highest BCUT2D eigenvalue weighted by Gasteiger charge is 2.16. The number of benzene rings is 2. The van der Waals surface area contributed by atoms with Crippen molar-refractivity contribution in [1.29, 1.82) is 0 Å². The SMILES string of the molecule is COc1ccc(Cl)cc1NC(=O)N(CCCO)Cc1ccc(Cl)c(Cl)c1. The lowest BCUT2D eigenvalue weighted by Gasteiger charge is -2.24. The zero-order valence-corrected chi connectivity index (χ0v) is 16.4. The van der Waals surface area contributed by atoms with Crippen LogP contribution in [-0.2, 0) is 6.54 Å². The van der Waals surface area contributed by atoms with Crippen LogP contribution in [0.15, 0.2) is 36.4 Å². The van der Waals surface area contributed by atoms with Crippen LogP contribution >= 0.6 is 34.8 Å². The van der Waals surface area contributed by atoms with E-state index in [2.05, 4.69) is 5.32 Å². The fraction of sp³-hybridized carbons (Fsp3) is 0.278. The molecule has 2 aromatic rings. The monoisotopic (exact) mass is 416 g/mol. The molecule has 0 aliphatic carbocycles. The number of methoxy groups -OCH3 is 1. The first kappa shape index (κ1) is 20.6. The first-order chi connectivity index (χ1) is 12.4. The topological polar surface area (TPSA) is 61.8 Å². The Morgan fingerprint density at radius 3 is 2.58 bits per heavy atom. The largest absolute Gasteiger partial charge is 0.495 e. The Kier molecular flexibility index (Phi) is 7.85. The highest BCUT2D eigenvalue weighted by atomic mass is 35.5. The lowest BCUT2D eigenvalue weighted by Crippen LogP contribution is -2.35. The summed E-state index contributed by atoms with van der Waals surface area (Å²) in [5, 5.41) is 13.3. The lowest BCUT2D eigenvalue weighted by atomic mass is 10.2. The second-order valence-corrected chi connectivity index (χ2v) is 6.77. The summed E-state index contributed by atoms with van der Waals surface area (Å²) in [5.74, 6) is 0.499. The van der Waals surface area contributed by atoms with Gasteiger partial charge in [-0.15, -0.1) is 0 Å². The Labute approximate surface area is 167 Å². The van der Waals surface area contributed by atoms with Crippen molar-refractivity contribution in [1.82, 2.24) is 4.90 Å². The summed E-state index contributed by atoms with van der Waals surface area (Å²) < 4.78 is 5.25. The number of ether oxygens (including phenoxy) is 1. The third kappa shape index (κ3) is 5.68. The molecule has 8 heteroatoms. The van der Waals surface area contributed by atoms with Crippen molar-refractivity contribution in [3.63, 3.8) is 0 Å². The number of amides is 2. The molecule has 2 rings (SSSR count). The molecule has 2 amide bonds. The molecule has 0 bridgehead atoms. The average Bonchev–Trinajstić information content (AvgIpc) is 2.61. The van der Waals surface area contributed by atoms with E-state index >= 15 is 0 Å². The predicted octanol–water partition coefficient (Wildman–Crippen LogP) is 5.07. The van der Waals surface area contributed by atoms with Gasteiger partial charge in [-0.05, 0) is 42.3 Å². The van der Waals surface area contributed by atoms with Crippen LogP contribution in [0.2, 0.25) is 15.1 Å². The van der Waals surface area contributed by atoms with Gasteiger partial charge in [0.2, 0.25) is 0 Å². The number of rotatable bonds is 7. The summed E-state index contributed by atoms with van der Waals surface area (Å²) in [6, 6.07) is 9.81. The summed E-state index contributed by atoms with van der Waals surface area (Å²) in [6.45, 7) is 0.655. The van der Waals surface area contributed by atoms with E-state index in [1.165, 1.54) is 7.11 Å². The van der Waals surface area contributed by atoms with Crippen molar-refractivity contribution >= 4 is 46.5 Å². The van der Waals surface area contributed by atoms with Crippen molar-refractivity contribution in [2.45, 2.75) is 13.0 Å². The molecule has 0 spiro atoms. The Bertz CT molecular complexity index is 771. The van der Waals surface area contributed by atoms with Crippen LogP contribution in [-0.4, -0.2) is 36.3 Å². The quantitative estimate of drug-likeness (QED) is 0.661. The number of carbonyl (C=O) groups is 1. The van der Waals surface area contributed by atoms with E-state index in [0.29, 0.717) is 46.0 Å². The van der Waals surface area contributed by atoms with E-state index in [1.807, 2.05) is 0 Å². The summed E-state index contributed by atoms with van der Waals surface area (Å²) in [5.41, 5.74) is 1.29. The first-order valence-electron chi connectivity index (χ1n) is 7.89. The smallest absolute Gasteiger partial charge is 0.322 e. The molecule has 0 atom stereocenters. The zero-order chi connectivity index (χ0) is 19.1. The summed E-state index contributed by atoms with van der Waals surface area (Å²) in [4.78, 5) is 14.3. The number of aliphatic hydroxyl groups excluding tert-OH is 1. The highest BCUT2D eigenvalue weighted by molar-refractivity contribution is 6.42. The standard InChI is InChI=1S/C18H19Cl3N2O3/c1-26-17-6-4-13(19)10-16(17)22-18(25)23(7-2-8-24)11-12-3-5-14(20)15(21)9-12/h3-6,9-10,24H,2,7-8,11H2,1H3,(H,22,25). The molecule has 0 heterocycles. The van der Waals surface area contributed by atoms with Crippen molar-refractivity contribution in [2.24, 2.45) is 0 Å². The van der Waals surface area contributed by atoms with Crippen molar-refractivity contribution in [2.75, 3.05) is 25.6 Å². The third-order valence-corrected chi connectivity index (χ3v) is 4.61. The number of halogens is 3. The maximum Gasteiger partial charge on any atom is 0.322 e. The van der Waals surface area contributed by atoms with E-state index in [1.54, 1.807) is 41.3 Å². The normalized spacial score (nSPS) is 10.5. The Morgan fingerprint density at radius 2 is 1.92 bits per heavy atom. The lowest BCUT2D eigenvalue weighted by molar-refractivity contribution is 0.199. The molecular weight excluding hydrogens is 399 g/mol. The predicted molar refractivity (Wildman–Crippen MR) is 106 cm³/mol. The molecule has 5 nitrogen and oxygen atoms in total. The van der Waals surface area contributed by atoms with Gasteiger partial charge in [-0.1, -0.05) is 40.9 Å². The van der Waals surface area contributed by atoms with Crippen molar-refractivity contribution in [3.8, 4) is 5.75 Å². The van der Waals surface area contributed by atoms with Gasteiger partial charge in [-0.25, -0.2) is 4.79 Å². The van der Waals surface area contributed by atoms with E-state index in [0.717, 1.165) is 5.56 Å². The number of hydrogen-bond acceptors (Lipinski definition) is 3. The fourth-order valence-electron chi connectivity index (χ4n) is 2.34. The molecule has 2 N–H and O–H groups in total. The van der Waals surface area contributed by atoms with Gasteiger partial charge in [0.25, 0.3) is 0 Å². The maximum atomic E-state index is 12.7. The van der Waals surface area contributed by atoms with Crippen LogP contribution in [0.1, 0.15) is 12.0 Å². The summed E-state index contributed by atoms with van der Waals surface area (Å²) in [6.07, 6.45) is 0.446. The third-order valence-electron chi connectivity index (χ3n) is 3.63. The van der Waals surface area contributed by atoms with Crippen molar-refractivity contribution < 1.29 is 14.6 Å². The molecule has 0 aromatic heterocycles. The molecule has 0 unspecified atom stereocenters. The minimum Gasteiger partial charge on any atom is -0.495 e. The van der Waals surface area contributed by atoms with Gasteiger partial charge in [-0.3, -0.25) is 0 Å². The number of carbonyl (C=O) groups excluding carboxylic acids is 1. The van der Waals surface area contributed by atoms with Gasteiger partial charge in [0, 0.05) is 24.7 Å². The Balaban J connectivity index is 2.18. The van der Waals surface area contributed by atoms with Crippen LogP contribution < -0.4 is 10.1 Å². The van der Waals surface area contributed by atoms with Gasteiger partial charge < -0.3 is 20.1 Å². The van der Waals surface area contributed by atoms with Crippen LogP contribution in [0.25, 0.3) is 0 Å². The van der Waals surface area contributed by atoms with Crippen LogP contribution in [0.3, 0.4) is 0 Å². The van der Waals surface area contributed by atoms with E-state index in [-0.39, 0.29) is 12.6 Å². The van der Waals surface area contributed by atoms with Crippen LogP contribution in [0.4, 0.5) is 10.5 Å². The minimum atomic E-state index is -0.343. The zero-order valence-electron chi connectivity index (χ0n) is 14.1. The van der Waals surface area contributed by atoms with Gasteiger partial charge in [0.15, 0.2) is 0 Å². The Morgan fingerprint density at radius 1 is 1.15 bits per heavy atom. The van der Waals surface area contributed by atoms with Crippen LogP contribution in [0.5, 0.6) is 5.75 Å². The molecule has 2 aromatic carbocycles. The van der Waals surface area contributed by atoms with E-state index < -0.39 is 0 Å². The molecule has 0 radical (unpaired) electrons. The molecule has 0 aliphatic rings. The second kappa shape index (κ2) is 9.88. The number of nitrogens with one attached hydrogen (secondary N) is 1. The van der Waals surface area contributed by atoms with Gasteiger partial charge >= 0.3 is 6.03 Å². The highest BCUT2D eigenvalue weighted by Crippen LogP contribution is 2.28. The van der Waals surface area contributed by atoms with E-state index in [4.69, 9.17) is 44.6 Å². The van der Waals surface area contributed by atoms with Gasteiger partial charge in [0.05, 0.1) is 22.8 Å². The number of aliphatic hydroxyl groups is 1. The Hall–Kier alpha value is -1.66. The summed E-state index contributed by atoms with van der Waals surface area (Å²) >= 11 is 18.0. The van der Waals surface area contributed by atoms with Gasteiger partial charge in [-0.2, -0.15) is 0 Å². The minimum absolute atomic E-state index is 0.0222. The summed E-state index contributed by atoms with van der Waals surface area (Å²) in [7, 11) is 1.51. The maximum absolute atomic E-state index is 12.7. The van der Waals surface area contributed by atoms with E-state index in [9.17, 15) is 4.79 Å². The second-order valence-electron chi connectivity index (χ2n) is 5.52. The van der Waals surface area contributed by atoms with Crippen LogP contribution in [0, 0.1) is 0 Å². The molecule has 0 saturated heterocycles. The molecule has 0 saturated carbocycles. The molecule has 0 fully saturated rings. The average molecular weight is 418 g/mol. The number of anilines is 1. The fourth-order valence-corrected chi connectivity index (χ4v) is 2.84. The molecule has 140 valence electrons.